The Morgan fingerprint density at radius 1 is 1.21 bits per heavy atom. The van der Waals surface area contributed by atoms with Crippen LogP contribution in [0.3, 0.4) is 0 Å². The van der Waals surface area contributed by atoms with Gasteiger partial charge in [-0.15, -0.1) is 11.3 Å². The van der Waals surface area contributed by atoms with Gasteiger partial charge in [-0.1, -0.05) is 0 Å². The summed E-state index contributed by atoms with van der Waals surface area (Å²) in [5.41, 5.74) is 2.31. The molecule has 0 fully saturated rings. The molecule has 1 aliphatic rings. The molecular formula is C14H12N2O2S. The van der Waals surface area contributed by atoms with E-state index in [-0.39, 0.29) is 0 Å². The van der Waals surface area contributed by atoms with E-state index in [0.717, 1.165) is 22.0 Å². The van der Waals surface area contributed by atoms with Gasteiger partial charge in [-0.3, -0.25) is 4.40 Å². The van der Waals surface area contributed by atoms with Gasteiger partial charge in [0.15, 0.2) is 16.5 Å². The van der Waals surface area contributed by atoms with Gasteiger partial charge in [-0.2, -0.15) is 0 Å². The van der Waals surface area contributed by atoms with Crippen LogP contribution < -0.4 is 9.47 Å². The first-order chi connectivity index (χ1) is 9.33. The lowest BCUT2D eigenvalue weighted by Gasteiger charge is -2.18. The number of imidazole rings is 1. The Bertz CT molecular complexity index is 760. The van der Waals surface area contributed by atoms with E-state index < -0.39 is 0 Å². The van der Waals surface area contributed by atoms with Gasteiger partial charge in [-0.05, 0) is 25.1 Å². The third-order valence-corrected chi connectivity index (χ3v) is 4.23. The fourth-order valence-electron chi connectivity index (χ4n) is 2.42. The summed E-state index contributed by atoms with van der Waals surface area (Å²) in [4.78, 5) is 6.60. The number of rotatable bonds is 1. The van der Waals surface area contributed by atoms with Crippen molar-refractivity contribution in [3.8, 4) is 22.8 Å². The van der Waals surface area contributed by atoms with Crippen molar-refractivity contribution in [3.63, 3.8) is 0 Å². The zero-order chi connectivity index (χ0) is 12.8. The van der Waals surface area contributed by atoms with E-state index >= 15 is 0 Å². The molecule has 0 spiro atoms. The van der Waals surface area contributed by atoms with Crippen LogP contribution in [0.2, 0.25) is 0 Å². The first-order valence-electron chi connectivity index (χ1n) is 6.15. The molecule has 3 aromatic rings. The highest BCUT2D eigenvalue weighted by Crippen LogP contribution is 2.37. The summed E-state index contributed by atoms with van der Waals surface area (Å²) < 4.78 is 13.3. The molecule has 0 bridgehead atoms. The van der Waals surface area contributed by atoms with E-state index in [1.54, 1.807) is 11.3 Å². The number of hydrogen-bond acceptors (Lipinski definition) is 4. The Kier molecular flexibility index (Phi) is 2.29. The molecule has 0 radical (unpaired) electrons. The zero-order valence-corrected chi connectivity index (χ0v) is 11.2. The highest BCUT2D eigenvalue weighted by molar-refractivity contribution is 7.17. The summed E-state index contributed by atoms with van der Waals surface area (Å²) in [7, 11) is 0. The quantitative estimate of drug-likeness (QED) is 0.682. The number of ether oxygens (including phenoxy) is 2. The molecule has 0 unspecified atom stereocenters. The Labute approximate surface area is 114 Å². The number of thiazole rings is 1. The summed E-state index contributed by atoms with van der Waals surface area (Å²) in [6, 6.07) is 6.09. The smallest absolute Gasteiger partial charge is 0.194 e. The molecule has 2 aromatic heterocycles. The van der Waals surface area contributed by atoms with Crippen LogP contribution in [0.25, 0.3) is 16.2 Å². The van der Waals surface area contributed by atoms with Crippen LogP contribution in [0, 0.1) is 6.92 Å². The molecule has 4 rings (SSSR count). The van der Waals surface area contributed by atoms with Crippen LogP contribution in [-0.4, -0.2) is 22.6 Å². The minimum atomic E-state index is 0.611. The molecule has 0 N–H and O–H groups in total. The van der Waals surface area contributed by atoms with Crippen molar-refractivity contribution in [3.05, 3.63) is 35.5 Å². The highest BCUT2D eigenvalue weighted by atomic mass is 32.1. The maximum atomic E-state index is 5.65. The molecule has 1 aliphatic heterocycles. The van der Waals surface area contributed by atoms with Crippen LogP contribution in [0.5, 0.6) is 11.5 Å². The van der Waals surface area contributed by atoms with Crippen LogP contribution in [0.15, 0.2) is 30.6 Å². The number of aryl methyl sites for hydroxylation is 1. The van der Waals surface area contributed by atoms with Crippen molar-refractivity contribution >= 4 is 16.3 Å². The molecule has 19 heavy (non-hydrogen) atoms. The maximum absolute atomic E-state index is 5.65. The van der Waals surface area contributed by atoms with Gasteiger partial charge >= 0.3 is 0 Å². The Balaban J connectivity index is 1.92. The number of benzene rings is 1. The minimum Gasteiger partial charge on any atom is -0.486 e. The van der Waals surface area contributed by atoms with Crippen molar-refractivity contribution in [1.29, 1.82) is 0 Å². The number of hydrogen-bond donors (Lipinski definition) is 0. The van der Waals surface area contributed by atoms with Crippen LogP contribution in [-0.2, 0) is 0 Å². The lowest BCUT2D eigenvalue weighted by atomic mass is 10.1. The summed E-state index contributed by atoms with van der Waals surface area (Å²) >= 11 is 1.70. The summed E-state index contributed by atoms with van der Waals surface area (Å²) in [5.74, 6) is 1.65. The maximum Gasteiger partial charge on any atom is 0.194 e. The third kappa shape index (κ3) is 1.62. The second kappa shape index (κ2) is 3.99. The van der Waals surface area contributed by atoms with Crippen LogP contribution in [0.1, 0.15) is 4.88 Å². The second-order valence-electron chi connectivity index (χ2n) is 4.45. The Morgan fingerprint density at radius 3 is 2.95 bits per heavy atom. The largest absolute Gasteiger partial charge is 0.486 e. The summed E-state index contributed by atoms with van der Waals surface area (Å²) in [5, 5.41) is 0. The Morgan fingerprint density at radius 2 is 2.05 bits per heavy atom. The number of fused-ring (bicyclic) bond motifs is 2. The fourth-order valence-corrected chi connectivity index (χ4v) is 3.37. The van der Waals surface area contributed by atoms with E-state index in [0.29, 0.717) is 13.2 Å². The predicted molar refractivity (Wildman–Crippen MR) is 74.2 cm³/mol. The molecule has 0 saturated heterocycles. The Hall–Kier alpha value is -2.01. The first-order valence-corrected chi connectivity index (χ1v) is 6.97. The average molecular weight is 272 g/mol. The van der Waals surface area contributed by atoms with Crippen molar-refractivity contribution < 1.29 is 9.47 Å². The predicted octanol–water partition coefficient (Wildman–Crippen LogP) is 3.14. The van der Waals surface area contributed by atoms with Gasteiger partial charge in [-0.25, -0.2) is 4.98 Å². The van der Waals surface area contributed by atoms with E-state index in [4.69, 9.17) is 9.47 Å². The monoisotopic (exact) mass is 272 g/mol. The molecule has 4 nitrogen and oxygen atoms in total. The average Bonchev–Trinajstić information content (AvgIpc) is 2.98. The molecule has 3 heterocycles. The first kappa shape index (κ1) is 10.9. The van der Waals surface area contributed by atoms with E-state index in [2.05, 4.69) is 22.4 Å². The minimum absolute atomic E-state index is 0.611. The summed E-state index contributed by atoms with van der Waals surface area (Å²) in [6.45, 7) is 3.35. The number of aromatic nitrogens is 2. The molecule has 0 amide bonds. The molecule has 0 saturated carbocycles. The van der Waals surface area contributed by atoms with Crippen LogP contribution >= 0.6 is 11.3 Å². The van der Waals surface area contributed by atoms with Gasteiger partial charge in [0.1, 0.15) is 13.2 Å². The molecule has 0 aliphatic carbocycles. The van der Waals surface area contributed by atoms with Crippen molar-refractivity contribution in [2.75, 3.05) is 13.2 Å². The van der Waals surface area contributed by atoms with Crippen molar-refractivity contribution in [2.45, 2.75) is 6.92 Å². The third-order valence-electron chi connectivity index (χ3n) is 3.24. The lowest BCUT2D eigenvalue weighted by Crippen LogP contribution is -2.15. The van der Waals surface area contributed by atoms with Crippen molar-refractivity contribution in [2.24, 2.45) is 0 Å². The molecule has 5 heteroatoms. The molecule has 96 valence electrons. The molecule has 1 aromatic carbocycles. The normalized spacial score (nSPS) is 13.9. The van der Waals surface area contributed by atoms with E-state index in [1.807, 2.05) is 24.5 Å². The van der Waals surface area contributed by atoms with Gasteiger partial charge in [0.05, 0.1) is 5.69 Å². The second-order valence-corrected chi connectivity index (χ2v) is 5.63. The summed E-state index contributed by atoms with van der Waals surface area (Å²) in [6.07, 6.45) is 3.82. The van der Waals surface area contributed by atoms with Gasteiger partial charge < -0.3 is 9.47 Å². The lowest BCUT2D eigenvalue weighted by molar-refractivity contribution is 0.171. The number of nitrogens with zero attached hydrogens (tertiary/aromatic N) is 2. The topological polar surface area (TPSA) is 35.8 Å². The standard InChI is InChI=1S/C14H12N2O2S/c1-9-13(16-5-4-15-14(16)19-9)10-2-3-11-12(8-10)18-7-6-17-11/h2-5,8H,6-7H2,1H3. The van der Waals surface area contributed by atoms with Gasteiger partial charge in [0.2, 0.25) is 0 Å². The molecular weight excluding hydrogens is 260 g/mol. The van der Waals surface area contributed by atoms with E-state index in [9.17, 15) is 0 Å². The van der Waals surface area contributed by atoms with Gasteiger partial charge in [0.25, 0.3) is 0 Å². The van der Waals surface area contributed by atoms with Crippen molar-refractivity contribution in [1.82, 2.24) is 9.38 Å². The SMILES string of the molecule is Cc1sc2nccn2c1-c1ccc2c(c1)OCCO2. The van der Waals surface area contributed by atoms with Gasteiger partial charge in [0, 0.05) is 22.8 Å². The zero-order valence-electron chi connectivity index (χ0n) is 10.4. The fraction of sp³-hybridized carbons (Fsp3) is 0.214. The van der Waals surface area contributed by atoms with Crippen LogP contribution in [0.4, 0.5) is 0 Å². The van der Waals surface area contributed by atoms with E-state index in [1.165, 1.54) is 10.6 Å². The molecule has 0 atom stereocenters. The highest BCUT2D eigenvalue weighted by Gasteiger charge is 2.16.